The lowest BCUT2D eigenvalue weighted by Crippen LogP contribution is -2.09. The van der Waals surface area contributed by atoms with Crippen molar-refractivity contribution in [2.24, 2.45) is 5.92 Å². The average Bonchev–Trinajstić information content (AvgIpc) is 3.41. The Balaban J connectivity index is 1.34. The normalized spacial score (nSPS) is 13.6. The van der Waals surface area contributed by atoms with Crippen LogP contribution in [0.25, 0.3) is 6.08 Å². The maximum absolute atomic E-state index is 12.9. The SMILES string of the molecule is Cc1c(OCc2cccc(COc3ccc(/C=C/C(=O)O)c(O)c3)c2)ccc(C(=O)CC2CCCC2)c1C. The van der Waals surface area contributed by atoms with Gasteiger partial charge in [0, 0.05) is 29.7 Å². The number of carboxylic acid groups (broad SMARTS) is 1. The zero-order chi connectivity index (χ0) is 27.1. The second kappa shape index (κ2) is 12.5. The molecule has 0 unspecified atom stereocenters. The van der Waals surface area contributed by atoms with Crippen molar-refractivity contribution in [3.05, 3.63) is 94.1 Å². The molecule has 0 saturated heterocycles. The molecule has 0 aliphatic heterocycles. The molecule has 0 heterocycles. The highest BCUT2D eigenvalue weighted by Crippen LogP contribution is 2.31. The summed E-state index contributed by atoms with van der Waals surface area (Å²) in [4.78, 5) is 23.5. The van der Waals surface area contributed by atoms with E-state index in [9.17, 15) is 14.7 Å². The molecule has 1 aliphatic rings. The molecule has 1 saturated carbocycles. The molecule has 1 fully saturated rings. The molecule has 0 amide bonds. The summed E-state index contributed by atoms with van der Waals surface area (Å²) in [5, 5.41) is 18.9. The van der Waals surface area contributed by atoms with E-state index in [4.69, 9.17) is 14.6 Å². The van der Waals surface area contributed by atoms with Crippen molar-refractivity contribution in [2.75, 3.05) is 0 Å². The number of Topliss-reactive ketones (excluding diaryl/α,β-unsaturated/α-hetero) is 1. The van der Waals surface area contributed by atoms with Crippen molar-refractivity contribution in [3.63, 3.8) is 0 Å². The van der Waals surface area contributed by atoms with Crippen LogP contribution in [-0.2, 0) is 18.0 Å². The highest BCUT2D eigenvalue weighted by Gasteiger charge is 2.21. The largest absolute Gasteiger partial charge is 0.507 e. The first-order chi connectivity index (χ1) is 18.3. The zero-order valence-corrected chi connectivity index (χ0v) is 21.9. The van der Waals surface area contributed by atoms with Gasteiger partial charge in [0.25, 0.3) is 0 Å². The monoisotopic (exact) mass is 514 g/mol. The van der Waals surface area contributed by atoms with Gasteiger partial charge in [-0.05, 0) is 78.4 Å². The van der Waals surface area contributed by atoms with Crippen LogP contribution in [0.1, 0.15) is 70.3 Å². The third kappa shape index (κ3) is 7.03. The predicted octanol–water partition coefficient (Wildman–Crippen LogP) is 7.03. The highest BCUT2D eigenvalue weighted by atomic mass is 16.5. The molecule has 0 radical (unpaired) electrons. The second-order valence-corrected chi connectivity index (χ2v) is 9.93. The lowest BCUT2D eigenvalue weighted by Gasteiger charge is -2.16. The maximum Gasteiger partial charge on any atom is 0.328 e. The first-order valence-electron chi connectivity index (χ1n) is 13.0. The van der Waals surface area contributed by atoms with Crippen molar-refractivity contribution in [1.29, 1.82) is 0 Å². The van der Waals surface area contributed by atoms with Crippen molar-refractivity contribution in [1.82, 2.24) is 0 Å². The van der Waals surface area contributed by atoms with Crippen LogP contribution in [0, 0.1) is 19.8 Å². The van der Waals surface area contributed by atoms with Gasteiger partial charge in [0.2, 0.25) is 0 Å². The topological polar surface area (TPSA) is 93.1 Å². The van der Waals surface area contributed by atoms with Gasteiger partial charge >= 0.3 is 5.97 Å². The van der Waals surface area contributed by atoms with Crippen molar-refractivity contribution < 1.29 is 29.3 Å². The van der Waals surface area contributed by atoms with Gasteiger partial charge in [0.1, 0.15) is 30.5 Å². The Morgan fingerprint density at radius 3 is 2.32 bits per heavy atom. The van der Waals surface area contributed by atoms with Crippen molar-refractivity contribution in [3.8, 4) is 17.2 Å². The summed E-state index contributed by atoms with van der Waals surface area (Å²) >= 11 is 0. The Morgan fingerprint density at radius 2 is 1.63 bits per heavy atom. The number of ketones is 1. The minimum Gasteiger partial charge on any atom is -0.507 e. The molecule has 2 N–H and O–H groups in total. The molecule has 6 nitrogen and oxygen atoms in total. The van der Waals surface area contributed by atoms with Crippen LogP contribution >= 0.6 is 0 Å². The van der Waals surface area contributed by atoms with Gasteiger partial charge in [-0.15, -0.1) is 0 Å². The minimum absolute atomic E-state index is 0.0564. The van der Waals surface area contributed by atoms with E-state index < -0.39 is 5.97 Å². The Bertz CT molecular complexity index is 1330. The Kier molecular flexibility index (Phi) is 8.85. The van der Waals surface area contributed by atoms with Crippen LogP contribution in [0.5, 0.6) is 17.2 Å². The van der Waals surface area contributed by atoms with Gasteiger partial charge in [-0.3, -0.25) is 4.79 Å². The molecule has 3 aromatic rings. The van der Waals surface area contributed by atoms with Gasteiger partial charge in [-0.1, -0.05) is 43.9 Å². The van der Waals surface area contributed by atoms with E-state index in [1.165, 1.54) is 25.0 Å². The number of benzene rings is 3. The van der Waals surface area contributed by atoms with Crippen LogP contribution in [-0.4, -0.2) is 22.0 Å². The van der Waals surface area contributed by atoms with Gasteiger partial charge in [0.05, 0.1) is 0 Å². The molecule has 38 heavy (non-hydrogen) atoms. The fourth-order valence-corrected chi connectivity index (χ4v) is 4.89. The number of rotatable bonds is 11. The molecule has 4 rings (SSSR count). The number of phenols is 1. The summed E-state index contributed by atoms with van der Waals surface area (Å²) in [6, 6.07) is 16.4. The summed E-state index contributed by atoms with van der Waals surface area (Å²) in [5.41, 5.74) is 5.11. The highest BCUT2D eigenvalue weighted by molar-refractivity contribution is 5.98. The molecule has 0 aromatic heterocycles. The van der Waals surface area contributed by atoms with Crippen molar-refractivity contribution in [2.45, 2.75) is 59.2 Å². The average molecular weight is 515 g/mol. The second-order valence-electron chi connectivity index (χ2n) is 9.93. The molecule has 1 aliphatic carbocycles. The number of hydrogen-bond donors (Lipinski definition) is 2. The standard InChI is InChI=1S/C32H34O6/c1-21-22(2)31(14-13-28(21)30(34)17-23-6-3-4-7-23)38-20-25-9-5-8-24(16-25)19-37-27-12-10-26(29(33)18-27)11-15-32(35)36/h5,8-16,18,23,33H,3-4,6-7,17,19-20H2,1-2H3,(H,35,36)/b15-11+. The van der Waals surface area contributed by atoms with Gasteiger partial charge in [-0.2, -0.15) is 0 Å². The molecule has 3 aromatic carbocycles. The fraction of sp³-hybridized carbons (Fsp3) is 0.312. The first-order valence-corrected chi connectivity index (χ1v) is 13.0. The van der Waals surface area contributed by atoms with E-state index in [2.05, 4.69) is 0 Å². The quantitative estimate of drug-likeness (QED) is 0.211. The van der Waals surface area contributed by atoms with E-state index in [-0.39, 0.29) is 11.5 Å². The maximum atomic E-state index is 12.9. The molecule has 0 atom stereocenters. The fourth-order valence-electron chi connectivity index (χ4n) is 4.89. The molecule has 198 valence electrons. The van der Waals surface area contributed by atoms with E-state index >= 15 is 0 Å². The third-order valence-electron chi connectivity index (χ3n) is 7.19. The number of ether oxygens (including phenoxy) is 2. The number of hydrogen-bond acceptors (Lipinski definition) is 5. The van der Waals surface area contributed by atoms with Gasteiger partial charge in [0.15, 0.2) is 5.78 Å². The van der Waals surface area contributed by atoms with Crippen LogP contribution < -0.4 is 9.47 Å². The summed E-state index contributed by atoms with van der Waals surface area (Å²) in [6.45, 7) is 4.68. The molecule has 0 spiro atoms. The van der Waals surface area contributed by atoms with Crippen molar-refractivity contribution >= 4 is 17.8 Å². The van der Waals surface area contributed by atoms with Crippen LogP contribution in [0.3, 0.4) is 0 Å². The summed E-state index contributed by atoms with van der Waals surface area (Å²) < 4.78 is 11.9. The van der Waals surface area contributed by atoms with Gasteiger partial charge < -0.3 is 19.7 Å². The van der Waals surface area contributed by atoms with Gasteiger partial charge in [-0.25, -0.2) is 4.79 Å². The van der Waals surface area contributed by atoms with E-state index in [0.29, 0.717) is 36.9 Å². The number of phenolic OH excluding ortho intramolecular Hbond substituents is 1. The molecule has 0 bridgehead atoms. The van der Waals surface area contributed by atoms with E-state index in [1.807, 2.05) is 50.2 Å². The number of aromatic hydroxyl groups is 1. The summed E-state index contributed by atoms with van der Waals surface area (Å²) in [6.07, 6.45) is 7.74. The van der Waals surface area contributed by atoms with Crippen LogP contribution in [0.15, 0.2) is 60.7 Å². The summed E-state index contributed by atoms with van der Waals surface area (Å²) in [7, 11) is 0. The number of aliphatic carboxylic acids is 1. The Hall–Kier alpha value is -4.06. The smallest absolute Gasteiger partial charge is 0.328 e. The lowest BCUT2D eigenvalue weighted by atomic mass is 9.92. The predicted molar refractivity (Wildman–Crippen MR) is 147 cm³/mol. The van der Waals surface area contributed by atoms with E-state index in [1.54, 1.807) is 12.1 Å². The summed E-state index contributed by atoms with van der Waals surface area (Å²) in [5.74, 6) is 0.871. The minimum atomic E-state index is -1.08. The molecule has 6 heteroatoms. The Labute approximate surface area is 223 Å². The zero-order valence-electron chi connectivity index (χ0n) is 21.9. The van der Waals surface area contributed by atoms with Crippen LogP contribution in [0.2, 0.25) is 0 Å². The van der Waals surface area contributed by atoms with E-state index in [0.717, 1.165) is 52.5 Å². The lowest BCUT2D eigenvalue weighted by molar-refractivity contribution is -0.131. The number of carbonyl (C=O) groups excluding carboxylic acids is 1. The molecular weight excluding hydrogens is 480 g/mol. The molecular formula is C32H34O6. The van der Waals surface area contributed by atoms with Crippen LogP contribution in [0.4, 0.5) is 0 Å². The Morgan fingerprint density at radius 1 is 0.921 bits per heavy atom. The third-order valence-corrected chi connectivity index (χ3v) is 7.19. The number of carbonyl (C=O) groups is 2. The first kappa shape index (κ1) is 27.0. The number of carboxylic acids is 1.